The number of hydrogen-bond acceptors (Lipinski definition) is 4. The fourth-order valence-corrected chi connectivity index (χ4v) is 4.10. The highest BCUT2D eigenvalue weighted by Gasteiger charge is 2.21. The van der Waals surface area contributed by atoms with Gasteiger partial charge in [-0.1, -0.05) is 56.3 Å². The molecular formula is C25H30N4O. The van der Waals surface area contributed by atoms with Crippen LogP contribution in [0.4, 0.5) is 5.82 Å². The number of anilines is 1. The Morgan fingerprint density at radius 2 is 1.70 bits per heavy atom. The highest BCUT2D eigenvalue weighted by Crippen LogP contribution is 2.28. The monoisotopic (exact) mass is 402 g/mol. The van der Waals surface area contributed by atoms with Crippen molar-refractivity contribution in [2.24, 2.45) is 5.92 Å². The van der Waals surface area contributed by atoms with Crippen LogP contribution in [0.1, 0.15) is 33.1 Å². The third-order valence-corrected chi connectivity index (χ3v) is 5.55. The quantitative estimate of drug-likeness (QED) is 0.571. The Morgan fingerprint density at radius 1 is 1.00 bits per heavy atom. The van der Waals surface area contributed by atoms with E-state index in [1.807, 2.05) is 53.4 Å². The zero-order valence-electron chi connectivity index (χ0n) is 17.9. The Morgan fingerprint density at radius 3 is 2.43 bits per heavy atom. The van der Waals surface area contributed by atoms with Crippen LogP contribution in [-0.4, -0.2) is 47.0 Å². The van der Waals surface area contributed by atoms with Gasteiger partial charge >= 0.3 is 0 Å². The first-order chi connectivity index (χ1) is 14.6. The van der Waals surface area contributed by atoms with Crippen LogP contribution in [0.25, 0.3) is 22.3 Å². The van der Waals surface area contributed by atoms with E-state index in [1.54, 1.807) is 0 Å². The van der Waals surface area contributed by atoms with Crippen LogP contribution in [0.3, 0.4) is 0 Å². The van der Waals surface area contributed by atoms with Gasteiger partial charge in [-0.25, -0.2) is 9.97 Å². The number of hydrogen-bond donors (Lipinski definition) is 0. The molecule has 1 saturated heterocycles. The molecule has 0 radical (unpaired) electrons. The summed E-state index contributed by atoms with van der Waals surface area (Å²) in [6.45, 7) is 7.73. The van der Waals surface area contributed by atoms with Gasteiger partial charge in [-0.05, 0) is 30.9 Å². The van der Waals surface area contributed by atoms with Crippen molar-refractivity contribution in [3.63, 3.8) is 0 Å². The maximum Gasteiger partial charge on any atom is 0.224 e. The zero-order valence-corrected chi connectivity index (χ0v) is 17.9. The summed E-state index contributed by atoms with van der Waals surface area (Å²) < 4.78 is 0. The number of nitrogens with zero attached hydrogens (tertiary/aromatic N) is 4. The minimum Gasteiger partial charge on any atom is -0.355 e. The molecule has 5 nitrogen and oxygen atoms in total. The van der Waals surface area contributed by atoms with Gasteiger partial charge in [0.15, 0.2) is 5.82 Å². The van der Waals surface area contributed by atoms with Gasteiger partial charge in [-0.15, -0.1) is 0 Å². The summed E-state index contributed by atoms with van der Waals surface area (Å²) in [5, 5.41) is 1.03. The van der Waals surface area contributed by atoms with Crippen LogP contribution in [0.5, 0.6) is 0 Å². The smallest absolute Gasteiger partial charge is 0.224 e. The number of carbonyl (C=O) groups is 1. The summed E-state index contributed by atoms with van der Waals surface area (Å²) in [5.74, 6) is 2.36. The van der Waals surface area contributed by atoms with Crippen molar-refractivity contribution in [3.05, 3.63) is 54.6 Å². The van der Waals surface area contributed by atoms with Crippen LogP contribution in [0.15, 0.2) is 54.6 Å². The van der Waals surface area contributed by atoms with E-state index in [0.29, 0.717) is 18.9 Å². The van der Waals surface area contributed by atoms with E-state index >= 15 is 0 Å². The Kier molecular flexibility index (Phi) is 6.26. The number of aromatic nitrogens is 2. The summed E-state index contributed by atoms with van der Waals surface area (Å²) in [4.78, 5) is 26.8. The van der Waals surface area contributed by atoms with Crippen molar-refractivity contribution in [2.75, 3.05) is 31.1 Å². The van der Waals surface area contributed by atoms with Gasteiger partial charge in [0.2, 0.25) is 5.91 Å². The van der Waals surface area contributed by atoms with E-state index < -0.39 is 0 Å². The molecule has 1 amide bonds. The zero-order chi connectivity index (χ0) is 20.9. The van der Waals surface area contributed by atoms with Gasteiger partial charge in [0.25, 0.3) is 0 Å². The first-order valence-electron chi connectivity index (χ1n) is 11.0. The second-order valence-electron chi connectivity index (χ2n) is 8.43. The normalized spacial score (nSPS) is 13.9. The molecule has 0 unspecified atom stereocenters. The Balaban J connectivity index is 1.69. The SMILES string of the molecule is CC(C)CN(CCC(=O)N1CCCC1)c1nc(-c2ccccc2)nc2ccccc12. The summed E-state index contributed by atoms with van der Waals surface area (Å²) in [6.07, 6.45) is 2.77. The fraction of sp³-hybridized carbons (Fsp3) is 0.400. The van der Waals surface area contributed by atoms with Gasteiger partial charge in [0.05, 0.1) is 5.52 Å². The molecule has 0 spiro atoms. The van der Waals surface area contributed by atoms with Gasteiger partial charge in [-0.2, -0.15) is 0 Å². The molecule has 156 valence electrons. The molecule has 1 aliphatic rings. The molecule has 1 aromatic heterocycles. The van der Waals surface area contributed by atoms with Crippen molar-refractivity contribution < 1.29 is 4.79 Å². The lowest BCUT2D eigenvalue weighted by molar-refractivity contribution is -0.129. The number of carbonyl (C=O) groups excluding carboxylic acids is 1. The highest BCUT2D eigenvalue weighted by molar-refractivity contribution is 5.91. The van der Waals surface area contributed by atoms with Crippen molar-refractivity contribution in [3.8, 4) is 11.4 Å². The molecule has 5 heteroatoms. The Bertz CT molecular complexity index is 996. The molecule has 0 N–H and O–H groups in total. The summed E-state index contributed by atoms with van der Waals surface area (Å²) in [7, 11) is 0. The molecule has 3 aromatic rings. The highest BCUT2D eigenvalue weighted by atomic mass is 16.2. The Hall–Kier alpha value is -2.95. The van der Waals surface area contributed by atoms with Crippen LogP contribution < -0.4 is 4.90 Å². The van der Waals surface area contributed by atoms with Gasteiger partial charge < -0.3 is 9.80 Å². The molecule has 30 heavy (non-hydrogen) atoms. The average molecular weight is 403 g/mol. The lowest BCUT2D eigenvalue weighted by Crippen LogP contribution is -2.35. The van der Waals surface area contributed by atoms with Gasteiger partial charge in [-0.3, -0.25) is 4.79 Å². The first kappa shape index (κ1) is 20.3. The molecule has 0 atom stereocenters. The van der Waals surface area contributed by atoms with Gasteiger partial charge in [0, 0.05) is 43.5 Å². The van der Waals surface area contributed by atoms with Crippen LogP contribution in [0, 0.1) is 5.92 Å². The number of benzene rings is 2. The maximum absolute atomic E-state index is 12.7. The van der Waals surface area contributed by atoms with Crippen LogP contribution in [-0.2, 0) is 4.79 Å². The lowest BCUT2D eigenvalue weighted by atomic mass is 10.1. The van der Waals surface area contributed by atoms with E-state index in [9.17, 15) is 4.79 Å². The predicted molar refractivity (Wildman–Crippen MR) is 122 cm³/mol. The molecule has 0 saturated carbocycles. The molecule has 1 aliphatic heterocycles. The number of rotatable bonds is 7. The topological polar surface area (TPSA) is 49.3 Å². The third kappa shape index (κ3) is 4.61. The van der Waals surface area contributed by atoms with Crippen molar-refractivity contribution in [1.82, 2.24) is 14.9 Å². The minimum absolute atomic E-state index is 0.253. The van der Waals surface area contributed by atoms with Gasteiger partial charge in [0.1, 0.15) is 5.82 Å². The van der Waals surface area contributed by atoms with E-state index in [1.165, 1.54) is 0 Å². The maximum atomic E-state index is 12.7. The molecule has 4 rings (SSSR count). The van der Waals surface area contributed by atoms with Crippen LogP contribution in [0.2, 0.25) is 0 Å². The van der Waals surface area contributed by atoms with E-state index in [-0.39, 0.29) is 5.91 Å². The Labute approximate surface area is 178 Å². The second kappa shape index (κ2) is 9.24. The number of para-hydroxylation sites is 1. The number of fused-ring (bicyclic) bond motifs is 1. The molecule has 2 aromatic carbocycles. The van der Waals surface area contributed by atoms with Crippen molar-refractivity contribution in [1.29, 1.82) is 0 Å². The second-order valence-corrected chi connectivity index (χ2v) is 8.43. The molecule has 2 heterocycles. The predicted octanol–water partition coefficient (Wildman–Crippen LogP) is 4.77. The van der Waals surface area contributed by atoms with E-state index in [2.05, 4.69) is 24.8 Å². The minimum atomic E-state index is 0.253. The lowest BCUT2D eigenvalue weighted by Gasteiger charge is -2.28. The van der Waals surface area contributed by atoms with E-state index in [0.717, 1.165) is 60.6 Å². The summed E-state index contributed by atoms with van der Waals surface area (Å²) in [6, 6.07) is 18.3. The largest absolute Gasteiger partial charge is 0.355 e. The molecular weight excluding hydrogens is 372 g/mol. The van der Waals surface area contributed by atoms with Crippen molar-refractivity contribution in [2.45, 2.75) is 33.1 Å². The van der Waals surface area contributed by atoms with E-state index in [4.69, 9.17) is 9.97 Å². The average Bonchev–Trinajstić information content (AvgIpc) is 3.31. The molecule has 0 bridgehead atoms. The van der Waals surface area contributed by atoms with Crippen molar-refractivity contribution >= 4 is 22.6 Å². The molecule has 0 aliphatic carbocycles. The van der Waals surface area contributed by atoms with Crippen LogP contribution >= 0.6 is 0 Å². The first-order valence-corrected chi connectivity index (χ1v) is 11.0. The fourth-order valence-electron chi connectivity index (χ4n) is 4.10. The standard InChI is InChI=1S/C25H30N4O/c1-19(2)18-29(17-14-23(30)28-15-8-9-16-28)25-21-12-6-7-13-22(21)26-24(27-25)20-10-4-3-5-11-20/h3-7,10-13,19H,8-9,14-18H2,1-2H3. The number of amides is 1. The summed E-state index contributed by atoms with van der Waals surface area (Å²) in [5.41, 5.74) is 1.93. The molecule has 1 fully saturated rings. The summed E-state index contributed by atoms with van der Waals surface area (Å²) >= 11 is 0. The number of likely N-dealkylation sites (tertiary alicyclic amines) is 1. The third-order valence-electron chi connectivity index (χ3n) is 5.55.